The second-order valence-corrected chi connectivity index (χ2v) is 23.3. The van der Waals surface area contributed by atoms with E-state index in [0.717, 1.165) is 78.6 Å². The molecule has 0 fully saturated rings. The van der Waals surface area contributed by atoms with E-state index in [4.69, 9.17) is 0 Å². The second kappa shape index (κ2) is 21.4. The lowest BCUT2D eigenvalue weighted by Crippen LogP contribution is -2.61. The summed E-state index contributed by atoms with van der Waals surface area (Å²) < 4.78 is 0. The summed E-state index contributed by atoms with van der Waals surface area (Å²) in [5.74, 6) is 0. The molecule has 0 radical (unpaired) electrons. The van der Waals surface area contributed by atoms with E-state index in [9.17, 15) is 0 Å². The Hall–Kier alpha value is -10.5. The maximum Gasteiger partial charge on any atom is 0.252 e. The predicted octanol–water partition coefficient (Wildman–Crippen LogP) is 20.1. The van der Waals surface area contributed by atoms with Crippen LogP contribution in [0.5, 0.6) is 0 Å². The molecule has 0 aromatic heterocycles. The van der Waals surface area contributed by atoms with Crippen LogP contribution in [-0.4, -0.2) is 6.71 Å². The van der Waals surface area contributed by atoms with Crippen molar-refractivity contribution in [2.45, 2.75) is 26.2 Å². The van der Waals surface area contributed by atoms with E-state index in [1.165, 1.54) is 66.5 Å². The molecule has 2 aliphatic rings. The Balaban J connectivity index is 1.11. The van der Waals surface area contributed by atoms with Crippen LogP contribution in [0.25, 0.3) is 77.9 Å². The molecule has 0 atom stereocenters. The van der Waals surface area contributed by atoms with Gasteiger partial charge in [-0.15, -0.1) is 0 Å². The van der Waals surface area contributed by atoms with Crippen LogP contribution in [0.1, 0.15) is 30.5 Å². The molecule has 0 spiro atoms. The molecule has 0 saturated carbocycles. The number of hydrogen-bond acceptors (Lipinski definition) is 2. The lowest BCUT2D eigenvalue weighted by atomic mass is 9.33. The Kier molecular flexibility index (Phi) is 12.9. The summed E-state index contributed by atoms with van der Waals surface area (Å²) in [7, 11) is 0. The van der Waals surface area contributed by atoms with E-state index in [2.05, 4.69) is 346 Å². The molecule has 13 aromatic rings. The normalized spacial score (nSPS) is 12.3. The highest BCUT2D eigenvalue weighted by Gasteiger charge is 2.46. The summed E-state index contributed by atoms with van der Waals surface area (Å²) in [6.45, 7) is 6.82. The number of para-hydroxylation sites is 2. The second-order valence-electron chi connectivity index (χ2n) is 23.3. The molecule has 0 unspecified atom stereocenters. The molecule has 0 saturated heterocycles. The Bertz CT molecular complexity index is 4240. The van der Waals surface area contributed by atoms with Crippen LogP contribution in [0.3, 0.4) is 0 Å². The fourth-order valence-corrected chi connectivity index (χ4v) is 13.5. The third-order valence-electron chi connectivity index (χ3n) is 17.8. The molecule has 2 heterocycles. The van der Waals surface area contributed by atoms with Gasteiger partial charge < -0.3 is 9.80 Å². The molecule has 13 aromatic carbocycles. The lowest BCUT2D eigenvalue weighted by molar-refractivity contribution is 0.641. The van der Waals surface area contributed by atoms with Crippen LogP contribution in [-0.2, 0) is 5.41 Å². The van der Waals surface area contributed by atoms with E-state index >= 15 is 0 Å². The highest BCUT2D eigenvalue weighted by molar-refractivity contribution is 7.00. The summed E-state index contributed by atoms with van der Waals surface area (Å²) in [5, 5.41) is 0. The third-order valence-corrected chi connectivity index (χ3v) is 17.8. The number of fused-ring (bicyclic) bond motifs is 4. The topological polar surface area (TPSA) is 6.48 Å². The lowest BCUT2D eigenvalue weighted by Gasteiger charge is -2.46. The SMILES string of the molecule is Cc1cccc(-c2ccc(C(C)(C)c3cc4c5c(c3)N(c3c(-c6ccccc6)cccc3-c3ccccc3)c3ccc(-c6ccccc6)cc3B5c3cc(-c5ccccc5)ccc3N4c3c(-c4ccccc4)cccc3-c3ccccc3)cc2)c1. The maximum absolute atomic E-state index is 2.66. The van der Waals surface area contributed by atoms with E-state index < -0.39 is 5.41 Å². The molecular formula is C82H61BN2. The molecule has 0 N–H and O–H groups in total. The molecule has 2 nitrogen and oxygen atoms in total. The molecule has 0 aliphatic carbocycles. The Morgan fingerprint density at radius 1 is 0.259 bits per heavy atom. The summed E-state index contributed by atoms with van der Waals surface area (Å²) in [4.78, 5) is 5.33. The highest BCUT2D eigenvalue weighted by atomic mass is 15.2. The van der Waals surface area contributed by atoms with Crippen LogP contribution in [0.4, 0.5) is 34.1 Å². The zero-order chi connectivity index (χ0) is 57.0. The van der Waals surface area contributed by atoms with Gasteiger partial charge in [-0.3, -0.25) is 0 Å². The Morgan fingerprint density at radius 3 is 0.953 bits per heavy atom. The van der Waals surface area contributed by atoms with Gasteiger partial charge in [0.1, 0.15) is 0 Å². The fourth-order valence-electron chi connectivity index (χ4n) is 13.5. The standard InChI is InChI=1S/C82H61BN2/c1-56-25-22-38-64(51-56)59-43-47-67(48-44-59)82(2,3)68-54-77-79-78(55-68)85(81-71(62-34-18-8-19-35-62)41-24-42-72(81)63-36-20-9-21-37-63)76-50-46-66(58-28-12-5-13-29-58)53-74(76)83(79)73-52-65(57-26-10-4-11-27-57)45-49-75(73)84(77)80-69(60-30-14-6-15-31-60)39-23-40-70(80)61-32-16-7-17-33-61/h4-55H,1-3H3. The van der Waals surface area contributed by atoms with Crippen LogP contribution in [0, 0.1) is 6.92 Å². The van der Waals surface area contributed by atoms with Crippen molar-refractivity contribution in [2.24, 2.45) is 0 Å². The molecular weight excluding hydrogens is 1020 g/mol. The largest absolute Gasteiger partial charge is 0.310 e. The average molecular weight is 1090 g/mol. The van der Waals surface area contributed by atoms with E-state index in [-0.39, 0.29) is 6.71 Å². The predicted molar refractivity (Wildman–Crippen MR) is 362 cm³/mol. The fraction of sp³-hybridized carbons (Fsp3) is 0.0488. The Morgan fingerprint density at radius 2 is 0.576 bits per heavy atom. The van der Waals surface area contributed by atoms with Gasteiger partial charge in [0.25, 0.3) is 6.71 Å². The highest BCUT2D eigenvalue weighted by Crippen LogP contribution is 2.54. The summed E-state index contributed by atoms with van der Waals surface area (Å²) in [6, 6.07) is 118. The van der Waals surface area contributed by atoms with Gasteiger partial charge in [0.15, 0.2) is 0 Å². The molecule has 3 heteroatoms. The molecule has 402 valence electrons. The first kappa shape index (κ1) is 51.4. The van der Waals surface area contributed by atoms with Crippen molar-refractivity contribution in [3.8, 4) is 77.9 Å². The van der Waals surface area contributed by atoms with Gasteiger partial charge in [0.2, 0.25) is 0 Å². The summed E-state index contributed by atoms with van der Waals surface area (Å²) >= 11 is 0. The smallest absolute Gasteiger partial charge is 0.252 e. The third kappa shape index (κ3) is 9.08. The van der Waals surface area contributed by atoms with E-state index in [1.54, 1.807) is 0 Å². The minimum absolute atomic E-state index is 0.186. The first-order valence-electron chi connectivity index (χ1n) is 29.7. The van der Waals surface area contributed by atoms with Crippen molar-refractivity contribution in [1.82, 2.24) is 0 Å². The number of benzene rings is 13. The molecule has 0 bridgehead atoms. The van der Waals surface area contributed by atoms with Gasteiger partial charge in [-0.1, -0.05) is 311 Å². The van der Waals surface area contributed by atoms with Gasteiger partial charge in [0.05, 0.1) is 11.4 Å². The van der Waals surface area contributed by atoms with E-state index in [0.29, 0.717) is 0 Å². The number of hydrogen-bond donors (Lipinski definition) is 0. The van der Waals surface area contributed by atoms with E-state index in [1.807, 2.05) is 0 Å². The van der Waals surface area contributed by atoms with Crippen LogP contribution in [0.15, 0.2) is 315 Å². The van der Waals surface area contributed by atoms with Gasteiger partial charge in [-0.2, -0.15) is 0 Å². The van der Waals surface area contributed by atoms with Crippen molar-refractivity contribution in [1.29, 1.82) is 0 Å². The maximum atomic E-state index is 2.66. The number of nitrogens with zero attached hydrogens (tertiary/aromatic N) is 2. The molecule has 2 aliphatic heterocycles. The van der Waals surface area contributed by atoms with Crippen LogP contribution in [0.2, 0.25) is 0 Å². The zero-order valence-electron chi connectivity index (χ0n) is 48.0. The number of aryl methyl sites for hydroxylation is 1. The minimum atomic E-state index is -0.485. The van der Waals surface area contributed by atoms with Gasteiger partial charge >= 0.3 is 0 Å². The quantitative estimate of drug-likeness (QED) is 0.119. The van der Waals surface area contributed by atoms with Crippen LogP contribution >= 0.6 is 0 Å². The van der Waals surface area contributed by atoms with Crippen molar-refractivity contribution < 1.29 is 0 Å². The number of rotatable bonds is 11. The van der Waals surface area contributed by atoms with Crippen molar-refractivity contribution in [3.63, 3.8) is 0 Å². The molecule has 15 rings (SSSR count). The monoisotopic (exact) mass is 1080 g/mol. The van der Waals surface area contributed by atoms with Gasteiger partial charge in [-0.05, 0) is 114 Å². The molecule has 85 heavy (non-hydrogen) atoms. The first-order chi connectivity index (χ1) is 41.9. The zero-order valence-corrected chi connectivity index (χ0v) is 48.0. The Labute approximate surface area is 500 Å². The summed E-state index contributed by atoms with van der Waals surface area (Å²) in [6.07, 6.45) is 0. The number of anilines is 6. The van der Waals surface area contributed by atoms with Crippen molar-refractivity contribution in [2.75, 3.05) is 9.80 Å². The summed E-state index contributed by atoms with van der Waals surface area (Å²) in [5.41, 5.74) is 30.3. The van der Waals surface area contributed by atoms with Crippen LogP contribution < -0.4 is 26.2 Å². The van der Waals surface area contributed by atoms with Gasteiger partial charge in [-0.25, -0.2) is 0 Å². The minimum Gasteiger partial charge on any atom is -0.310 e. The first-order valence-corrected chi connectivity index (χ1v) is 29.7. The van der Waals surface area contributed by atoms with Gasteiger partial charge in [0, 0.05) is 50.4 Å². The van der Waals surface area contributed by atoms with Crippen molar-refractivity contribution in [3.05, 3.63) is 332 Å². The average Bonchev–Trinajstić information content (AvgIpc) is 1.24. The molecule has 0 amide bonds. The van der Waals surface area contributed by atoms with Crippen molar-refractivity contribution >= 4 is 57.2 Å².